The number of rotatable bonds is 4. The zero-order valence-electron chi connectivity index (χ0n) is 15.9. The van der Waals surface area contributed by atoms with Crippen molar-refractivity contribution in [3.05, 3.63) is 47.3 Å². The molecule has 2 aliphatic rings. The van der Waals surface area contributed by atoms with Crippen LogP contribution in [0.4, 0.5) is 4.79 Å². The van der Waals surface area contributed by atoms with Crippen molar-refractivity contribution in [3.63, 3.8) is 0 Å². The Morgan fingerprint density at radius 1 is 1.14 bits per heavy atom. The van der Waals surface area contributed by atoms with Crippen LogP contribution in [0, 0.1) is 6.92 Å². The molecule has 1 N–H and O–H groups in total. The lowest BCUT2D eigenvalue weighted by Crippen LogP contribution is -2.54. The van der Waals surface area contributed by atoms with Gasteiger partial charge in [0, 0.05) is 32.7 Å². The number of amides is 3. The highest BCUT2D eigenvalue weighted by Gasteiger charge is 2.33. The number of ether oxygens (including phenoxy) is 1. The van der Waals surface area contributed by atoms with Crippen LogP contribution in [-0.4, -0.2) is 76.1 Å². The van der Waals surface area contributed by atoms with Gasteiger partial charge in [0.1, 0.15) is 0 Å². The molecular formula is C19H24N6O3. The van der Waals surface area contributed by atoms with Gasteiger partial charge in [-0.25, -0.2) is 9.48 Å². The molecule has 0 saturated carbocycles. The smallest absolute Gasteiger partial charge is 0.317 e. The van der Waals surface area contributed by atoms with Crippen molar-refractivity contribution in [3.8, 4) is 0 Å². The quantitative estimate of drug-likeness (QED) is 0.843. The van der Waals surface area contributed by atoms with Crippen molar-refractivity contribution in [1.82, 2.24) is 30.1 Å². The van der Waals surface area contributed by atoms with Gasteiger partial charge in [0.25, 0.3) is 5.91 Å². The molecule has 0 bridgehead atoms. The minimum atomic E-state index is -0.124. The number of hydrogen-bond acceptors (Lipinski definition) is 5. The second kappa shape index (κ2) is 7.97. The summed E-state index contributed by atoms with van der Waals surface area (Å²) in [7, 11) is 0. The van der Waals surface area contributed by atoms with Crippen molar-refractivity contribution in [2.24, 2.45) is 0 Å². The predicted molar refractivity (Wildman–Crippen MR) is 101 cm³/mol. The van der Waals surface area contributed by atoms with Crippen LogP contribution in [0.25, 0.3) is 0 Å². The van der Waals surface area contributed by atoms with Gasteiger partial charge in [-0.1, -0.05) is 35.0 Å². The molecule has 0 atom stereocenters. The molecule has 3 amide bonds. The van der Waals surface area contributed by atoms with Crippen molar-refractivity contribution < 1.29 is 14.3 Å². The Kier molecular flexibility index (Phi) is 5.25. The second-order valence-electron chi connectivity index (χ2n) is 7.19. The SMILES string of the molecule is Cc1ccc(CNC(=O)N2CC(n3cc(C(=O)N4CCOCC4)nn3)C2)cc1. The molecule has 2 aliphatic heterocycles. The van der Waals surface area contributed by atoms with Gasteiger partial charge in [-0.2, -0.15) is 0 Å². The standard InChI is InChI=1S/C19H24N6O3/c1-14-2-4-15(5-3-14)10-20-19(27)24-11-16(12-24)25-13-17(21-22-25)18(26)23-6-8-28-9-7-23/h2-5,13,16H,6-12H2,1H3,(H,20,27). The number of carbonyl (C=O) groups excluding carboxylic acids is 2. The maximum atomic E-state index is 12.4. The highest BCUT2D eigenvalue weighted by molar-refractivity contribution is 5.92. The molecule has 1 aromatic heterocycles. The Balaban J connectivity index is 1.25. The zero-order chi connectivity index (χ0) is 19.5. The van der Waals surface area contributed by atoms with Gasteiger partial charge >= 0.3 is 6.03 Å². The van der Waals surface area contributed by atoms with E-state index in [1.54, 1.807) is 20.7 Å². The minimum absolute atomic E-state index is 0.0452. The van der Waals surface area contributed by atoms with E-state index in [4.69, 9.17) is 4.74 Å². The molecule has 2 aromatic rings. The predicted octanol–water partition coefficient (Wildman–Crippen LogP) is 0.825. The highest BCUT2D eigenvalue weighted by Crippen LogP contribution is 2.20. The molecule has 2 saturated heterocycles. The van der Waals surface area contributed by atoms with Gasteiger partial charge in [-0.3, -0.25) is 4.79 Å². The van der Waals surface area contributed by atoms with Crippen molar-refractivity contribution >= 4 is 11.9 Å². The lowest BCUT2D eigenvalue weighted by atomic mass is 10.1. The zero-order valence-corrected chi connectivity index (χ0v) is 15.9. The Hall–Kier alpha value is -2.94. The third-order valence-electron chi connectivity index (χ3n) is 5.12. The van der Waals surface area contributed by atoms with Crippen molar-refractivity contribution in [2.75, 3.05) is 39.4 Å². The molecule has 4 rings (SSSR count). The average molecular weight is 384 g/mol. The number of nitrogens with one attached hydrogen (secondary N) is 1. The summed E-state index contributed by atoms with van der Waals surface area (Å²) in [4.78, 5) is 28.1. The number of urea groups is 1. The van der Waals surface area contributed by atoms with Crippen LogP contribution in [0.5, 0.6) is 0 Å². The molecule has 148 valence electrons. The molecule has 0 unspecified atom stereocenters. The summed E-state index contributed by atoms with van der Waals surface area (Å²) in [6.45, 7) is 5.88. The van der Waals surface area contributed by atoms with Crippen LogP contribution < -0.4 is 5.32 Å². The fourth-order valence-corrected chi connectivity index (χ4v) is 3.27. The topological polar surface area (TPSA) is 92.6 Å². The van der Waals surface area contributed by atoms with Gasteiger partial charge < -0.3 is 19.9 Å². The minimum Gasteiger partial charge on any atom is -0.378 e. The van der Waals surface area contributed by atoms with Gasteiger partial charge in [0.05, 0.1) is 25.5 Å². The van der Waals surface area contributed by atoms with E-state index >= 15 is 0 Å². The molecule has 3 heterocycles. The summed E-state index contributed by atoms with van der Waals surface area (Å²) in [5.74, 6) is -0.124. The number of carbonyl (C=O) groups is 2. The van der Waals surface area contributed by atoms with E-state index in [0.717, 1.165) is 5.56 Å². The lowest BCUT2D eigenvalue weighted by molar-refractivity contribution is 0.0299. The maximum Gasteiger partial charge on any atom is 0.317 e. The van der Waals surface area contributed by atoms with E-state index in [0.29, 0.717) is 51.6 Å². The van der Waals surface area contributed by atoms with Gasteiger partial charge in [-0.15, -0.1) is 5.10 Å². The van der Waals surface area contributed by atoms with E-state index in [9.17, 15) is 9.59 Å². The van der Waals surface area contributed by atoms with Crippen LogP contribution in [0.15, 0.2) is 30.5 Å². The molecule has 0 aliphatic carbocycles. The average Bonchev–Trinajstić information content (AvgIpc) is 3.16. The van der Waals surface area contributed by atoms with Crippen molar-refractivity contribution in [1.29, 1.82) is 0 Å². The molecule has 9 nitrogen and oxygen atoms in total. The summed E-state index contributed by atoms with van der Waals surface area (Å²) in [5.41, 5.74) is 2.60. The summed E-state index contributed by atoms with van der Waals surface area (Å²) < 4.78 is 6.94. The number of likely N-dealkylation sites (tertiary alicyclic amines) is 1. The molecule has 28 heavy (non-hydrogen) atoms. The van der Waals surface area contributed by atoms with Crippen LogP contribution in [0.3, 0.4) is 0 Å². The third-order valence-corrected chi connectivity index (χ3v) is 5.12. The van der Waals surface area contributed by atoms with E-state index in [1.807, 2.05) is 31.2 Å². The molecule has 9 heteroatoms. The summed E-state index contributed by atoms with van der Waals surface area (Å²) in [5, 5.41) is 11.0. The molecule has 1 aromatic carbocycles. The van der Waals surface area contributed by atoms with Crippen LogP contribution in [0.1, 0.15) is 27.7 Å². The largest absolute Gasteiger partial charge is 0.378 e. The Morgan fingerprint density at radius 2 is 1.86 bits per heavy atom. The maximum absolute atomic E-state index is 12.4. The van der Waals surface area contributed by atoms with E-state index in [2.05, 4.69) is 15.6 Å². The highest BCUT2D eigenvalue weighted by atomic mass is 16.5. The van der Waals surface area contributed by atoms with Crippen LogP contribution in [0.2, 0.25) is 0 Å². The Bertz CT molecular complexity index is 838. The first-order valence-electron chi connectivity index (χ1n) is 9.47. The first-order chi connectivity index (χ1) is 13.6. The number of morpholine rings is 1. The van der Waals surface area contributed by atoms with Gasteiger partial charge in [-0.05, 0) is 12.5 Å². The van der Waals surface area contributed by atoms with Crippen LogP contribution >= 0.6 is 0 Å². The number of nitrogens with zero attached hydrogens (tertiary/aromatic N) is 5. The summed E-state index contributed by atoms with van der Waals surface area (Å²) in [6, 6.07) is 8.03. The first kappa shape index (κ1) is 18.4. The van der Waals surface area contributed by atoms with Gasteiger partial charge in [0.15, 0.2) is 5.69 Å². The van der Waals surface area contributed by atoms with Crippen LogP contribution in [-0.2, 0) is 11.3 Å². The summed E-state index contributed by atoms with van der Waals surface area (Å²) in [6.07, 6.45) is 1.67. The number of hydrogen-bond donors (Lipinski definition) is 1. The summed E-state index contributed by atoms with van der Waals surface area (Å²) >= 11 is 0. The molecule has 2 fully saturated rings. The normalized spacial score (nSPS) is 17.3. The Morgan fingerprint density at radius 3 is 2.57 bits per heavy atom. The molecule has 0 radical (unpaired) electrons. The third kappa shape index (κ3) is 3.99. The van der Waals surface area contributed by atoms with E-state index in [1.165, 1.54) is 5.56 Å². The van der Waals surface area contributed by atoms with E-state index in [-0.39, 0.29) is 18.0 Å². The first-order valence-corrected chi connectivity index (χ1v) is 9.47. The number of aryl methyl sites for hydroxylation is 1. The lowest BCUT2D eigenvalue weighted by Gasteiger charge is -2.38. The van der Waals surface area contributed by atoms with Crippen molar-refractivity contribution in [2.45, 2.75) is 19.5 Å². The number of benzene rings is 1. The Labute approximate surface area is 163 Å². The molecular weight excluding hydrogens is 360 g/mol. The number of aromatic nitrogens is 3. The fraction of sp³-hybridized carbons (Fsp3) is 0.474. The second-order valence-corrected chi connectivity index (χ2v) is 7.19. The van der Waals surface area contributed by atoms with E-state index < -0.39 is 0 Å². The fourth-order valence-electron chi connectivity index (χ4n) is 3.27. The monoisotopic (exact) mass is 384 g/mol. The molecule has 0 spiro atoms. The van der Waals surface area contributed by atoms with Gasteiger partial charge in [0.2, 0.25) is 0 Å².